The number of carbonyl (C=O) groups is 7. The number of carboxylic acid groups (broad SMARTS) is 2. The number of fused-ring (bicyclic) bond motifs is 3. The molecule has 1 fully saturated rings. The molecule has 28 nitrogen and oxygen atoms in total. The topological polar surface area (TPSA) is 467 Å². The van der Waals surface area contributed by atoms with Gasteiger partial charge in [0, 0.05) is 16.7 Å². The van der Waals surface area contributed by atoms with Crippen molar-refractivity contribution in [2.75, 3.05) is 6.61 Å². The fraction of sp³-hybridized carbons (Fsp3) is 0.244. The highest BCUT2D eigenvalue weighted by atomic mass is 16.7. The zero-order valence-corrected chi connectivity index (χ0v) is 33.8. The molecule has 14 N–H and O–H groups in total. The molecule has 1 saturated heterocycles. The molecule has 362 valence electrons. The summed E-state index contributed by atoms with van der Waals surface area (Å²) in [5.41, 5.74) is -11.3. The largest absolute Gasteiger partial charge is 0.504 e. The van der Waals surface area contributed by atoms with E-state index in [4.69, 9.17) is 33.2 Å². The number of benzene rings is 4. The lowest BCUT2D eigenvalue weighted by Gasteiger charge is -2.44. The van der Waals surface area contributed by atoms with E-state index in [0.29, 0.717) is 30.3 Å². The molecule has 69 heavy (non-hydrogen) atoms. The van der Waals surface area contributed by atoms with E-state index in [2.05, 4.69) is 0 Å². The van der Waals surface area contributed by atoms with Crippen LogP contribution in [0, 0.1) is 0 Å². The van der Waals surface area contributed by atoms with Crippen LogP contribution in [0.3, 0.4) is 0 Å². The second-order valence-corrected chi connectivity index (χ2v) is 15.4. The molecule has 0 aromatic heterocycles. The van der Waals surface area contributed by atoms with Gasteiger partial charge in [-0.05, 0) is 30.3 Å². The molecule has 0 saturated carbocycles. The fourth-order valence-corrected chi connectivity index (χ4v) is 8.17. The zero-order valence-electron chi connectivity index (χ0n) is 33.8. The van der Waals surface area contributed by atoms with Crippen molar-refractivity contribution in [2.24, 2.45) is 0 Å². The maximum Gasteiger partial charge on any atom is 0.345 e. The number of esters is 5. The highest BCUT2D eigenvalue weighted by Gasteiger charge is 2.63. The molecule has 4 aromatic carbocycles. The van der Waals surface area contributed by atoms with Crippen LogP contribution in [0.1, 0.15) is 59.3 Å². The van der Waals surface area contributed by atoms with Crippen LogP contribution in [-0.2, 0) is 42.8 Å². The third-order valence-electron chi connectivity index (χ3n) is 11.3. The first-order valence-corrected chi connectivity index (χ1v) is 19.3. The minimum absolute atomic E-state index is 0.326. The number of carboxylic acids is 2. The number of rotatable bonds is 5. The van der Waals surface area contributed by atoms with Crippen molar-refractivity contribution in [3.8, 4) is 80.1 Å². The second kappa shape index (κ2) is 16.2. The van der Waals surface area contributed by atoms with Gasteiger partial charge in [-0.3, -0.25) is 4.79 Å². The summed E-state index contributed by atoms with van der Waals surface area (Å²) >= 11 is 0. The number of cyclic esters (lactones) is 1. The van der Waals surface area contributed by atoms with Crippen LogP contribution in [-0.4, -0.2) is 162 Å². The molecular weight excluding hydrogens is 940 g/mol. The fourth-order valence-electron chi connectivity index (χ4n) is 8.17. The van der Waals surface area contributed by atoms with Crippen LogP contribution in [0.5, 0.6) is 69.0 Å². The number of phenolic OH excluding ortho intramolecular Hbond substituents is 11. The van der Waals surface area contributed by atoms with Crippen molar-refractivity contribution in [3.63, 3.8) is 0 Å². The lowest BCUT2D eigenvalue weighted by molar-refractivity contribution is -0.289. The Morgan fingerprint density at radius 2 is 1.10 bits per heavy atom. The number of carbonyl (C=O) groups excluding carboxylic acids is 5. The average molecular weight is 971 g/mol. The van der Waals surface area contributed by atoms with Crippen LogP contribution >= 0.6 is 0 Å². The van der Waals surface area contributed by atoms with Crippen molar-refractivity contribution in [1.29, 1.82) is 0 Å². The van der Waals surface area contributed by atoms with Gasteiger partial charge in [0.15, 0.2) is 69.6 Å². The number of hydrogen-bond donors (Lipinski definition) is 14. The van der Waals surface area contributed by atoms with Crippen LogP contribution in [0.15, 0.2) is 30.3 Å². The van der Waals surface area contributed by atoms with E-state index >= 15 is 0 Å². The van der Waals surface area contributed by atoms with E-state index in [0.717, 1.165) is 0 Å². The Bertz CT molecular complexity index is 2950. The van der Waals surface area contributed by atoms with Crippen LogP contribution in [0.4, 0.5) is 0 Å². The number of ether oxygens (including phenoxy) is 7. The van der Waals surface area contributed by atoms with Gasteiger partial charge in [0.05, 0.1) is 34.6 Å². The Labute approximate surface area is 379 Å². The Morgan fingerprint density at radius 1 is 0.594 bits per heavy atom. The minimum Gasteiger partial charge on any atom is -0.504 e. The molecule has 4 heterocycles. The lowest BCUT2D eigenvalue weighted by atomic mass is 9.75. The smallest absolute Gasteiger partial charge is 0.345 e. The lowest BCUT2D eigenvalue weighted by Crippen LogP contribution is -2.64. The number of hydrogen-bond acceptors (Lipinski definition) is 26. The highest BCUT2D eigenvalue weighted by molar-refractivity contribution is 6.08. The standard InChI is InChI=1S/C41H30O28/c42-12-1-8(2-13(43)23(12)49)35(57)69-39-33-32-29(68-40(61)41(62,6-18(47)48)22-21-11(38(60)67-33)5-16(46)26(52)30(21)65-31(22)34(55)56)17(64-39)7-63-36(58)9-3-14(44)24(50)27(53)19(9)20-10(37(59)66-32)4-15(45)25(51)28(20)54/h1-5,17,22,29,31-33,39,42-46,49-54,62H,6-7H2,(H,47,48)(H,55,56)/t17-,22+,29-,31+,32+,33-,39+,41+/m1/s1. The van der Waals surface area contributed by atoms with E-state index in [9.17, 15) is 105 Å². The van der Waals surface area contributed by atoms with Gasteiger partial charge < -0.3 is 105 Å². The van der Waals surface area contributed by atoms with Crippen molar-refractivity contribution in [1.82, 2.24) is 0 Å². The molecule has 0 amide bonds. The summed E-state index contributed by atoms with van der Waals surface area (Å²) in [5, 5.41) is 149. The van der Waals surface area contributed by atoms with Gasteiger partial charge in [-0.25, -0.2) is 28.8 Å². The summed E-state index contributed by atoms with van der Waals surface area (Å²) in [6, 6.07) is 2.17. The van der Waals surface area contributed by atoms with E-state index in [1.165, 1.54) is 0 Å². The Balaban J connectivity index is 1.40. The molecule has 0 spiro atoms. The number of aliphatic carboxylic acids is 2. The summed E-state index contributed by atoms with van der Waals surface area (Å²) < 4.78 is 38.8. The molecule has 0 unspecified atom stereocenters. The summed E-state index contributed by atoms with van der Waals surface area (Å²) in [6.45, 7) is -1.39. The molecule has 8 rings (SSSR count). The molecule has 4 aliphatic rings. The molecule has 4 aromatic rings. The van der Waals surface area contributed by atoms with Gasteiger partial charge in [-0.15, -0.1) is 0 Å². The van der Waals surface area contributed by atoms with Gasteiger partial charge in [0.25, 0.3) is 0 Å². The summed E-state index contributed by atoms with van der Waals surface area (Å²) in [7, 11) is 0. The highest BCUT2D eigenvalue weighted by Crippen LogP contribution is 2.56. The van der Waals surface area contributed by atoms with Crippen molar-refractivity contribution in [2.45, 2.75) is 54.7 Å². The van der Waals surface area contributed by atoms with Gasteiger partial charge >= 0.3 is 41.8 Å². The van der Waals surface area contributed by atoms with Crippen LogP contribution in [0.25, 0.3) is 11.1 Å². The Hall–Kier alpha value is -9.31. The predicted octanol–water partition coefficient (Wildman–Crippen LogP) is -0.321. The summed E-state index contributed by atoms with van der Waals surface area (Å²) in [4.78, 5) is 96.7. The number of aromatic hydroxyl groups is 11. The third-order valence-corrected chi connectivity index (χ3v) is 11.3. The number of aliphatic hydroxyl groups is 1. The molecule has 28 heteroatoms. The zero-order chi connectivity index (χ0) is 50.5. The first kappa shape index (κ1) is 46.2. The molecule has 4 bridgehead atoms. The average Bonchev–Trinajstić information content (AvgIpc) is 3.70. The van der Waals surface area contributed by atoms with Gasteiger partial charge in [-0.1, -0.05) is 0 Å². The van der Waals surface area contributed by atoms with Gasteiger partial charge in [-0.2, -0.15) is 0 Å². The van der Waals surface area contributed by atoms with E-state index in [-0.39, 0.29) is 0 Å². The van der Waals surface area contributed by atoms with Crippen LogP contribution in [0.2, 0.25) is 0 Å². The van der Waals surface area contributed by atoms with E-state index in [1.807, 2.05) is 0 Å². The third kappa shape index (κ3) is 7.30. The van der Waals surface area contributed by atoms with Crippen molar-refractivity contribution < 1.29 is 138 Å². The van der Waals surface area contributed by atoms with Crippen LogP contribution < -0.4 is 4.74 Å². The van der Waals surface area contributed by atoms with E-state index < -0.39 is 211 Å². The Morgan fingerprint density at radius 3 is 1.67 bits per heavy atom. The Kier molecular flexibility index (Phi) is 10.9. The maximum absolute atomic E-state index is 14.6. The monoisotopic (exact) mass is 970 g/mol. The molecular formula is C41H30O28. The maximum atomic E-state index is 14.6. The molecule has 0 aliphatic carbocycles. The first-order valence-electron chi connectivity index (χ1n) is 19.3. The molecule has 4 aliphatic heterocycles. The van der Waals surface area contributed by atoms with Gasteiger partial charge in [0.1, 0.15) is 12.7 Å². The predicted molar refractivity (Wildman–Crippen MR) is 208 cm³/mol. The molecule has 0 radical (unpaired) electrons. The van der Waals surface area contributed by atoms with Gasteiger partial charge in [0.2, 0.25) is 35.7 Å². The second-order valence-electron chi connectivity index (χ2n) is 15.4. The summed E-state index contributed by atoms with van der Waals surface area (Å²) in [5.74, 6) is -31.7. The minimum atomic E-state index is -3.77. The van der Waals surface area contributed by atoms with Crippen molar-refractivity contribution >= 4 is 41.8 Å². The SMILES string of the molecule is O=C(O)C[C@@]1(O)C(=O)O[C@H]2[C@@H]3OC(=O)c4cc(O)c(O)c(O)c4-c4c(cc(O)c(O)c4O)C(=O)OC[C@H]2O[C@@H](OC(=O)c2cc(O)c(O)c(O)c2)[C@@H]3OC(=O)c2cc(O)c(O)c3c2[C@H]1[C@@H](C(=O)O)O3. The van der Waals surface area contributed by atoms with Crippen molar-refractivity contribution in [3.05, 3.63) is 58.1 Å². The molecule has 8 atom stereocenters. The summed E-state index contributed by atoms with van der Waals surface area (Å²) in [6.07, 6.45) is -17.3. The number of phenols is 11. The quantitative estimate of drug-likeness (QED) is 0.0692. The first-order chi connectivity index (χ1) is 32.4. The van der Waals surface area contributed by atoms with E-state index in [1.54, 1.807) is 0 Å². The normalized spacial score (nSPS) is 24.9.